The molecule has 0 aromatic heterocycles. The van der Waals surface area contributed by atoms with Crippen molar-refractivity contribution in [1.29, 1.82) is 0 Å². The Labute approximate surface area is 167 Å². The van der Waals surface area contributed by atoms with Gasteiger partial charge in [-0.15, -0.1) is 0 Å². The van der Waals surface area contributed by atoms with Crippen LogP contribution in [0, 0.1) is 5.92 Å². The molecule has 1 unspecified atom stereocenters. The van der Waals surface area contributed by atoms with E-state index in [2.05, 4.69) is 56.3 Å². The maximum atomic E-state index is 2.52. The standard InChI is InChI=1S/C27H38/c1-3-5-7-8-9-11-23-14-17-27-21-26(19-18-25(27)20-23)24-15-12-22(13-16-24)10-6-4-2/h14-15,17-22H,3-13,16H2,1-2H3. The van der Waals surface area contributed by atoms with Crippen molar-refractivity contribution in [3.63, 3.8) is 0 Å². The van der Waals surface area contributed by atoms with E-state index in [1.165, 1.54) is 98.9 Å². The van der Waals surface area contributed by atoms with E-state index in [1.54, 1.807) is 5.57 Å². The Morgan fingerprint density at radius 2 is 1.59 bits per heavy atom. The molecule has 0 radical (unpaired) electrons. The molecule has 27 heavy (non-hydrogen) atoms. The summed E-state index contributed by atoms with van der Waals surface area (Å²) < 4.78 is 0. The highest BCUT2D eigenvalue weighted by atomic mass is 14.2. The van der Waals surface area contributed by atoms with Gasteiger partial charge in [-0.05, 0) is 71.6 Å². The highest BCUT2D eigenvalue weighted by Gasteiger charge is 2.15. The number of allylic oxidation sites excluding steroid dienone is 2. The van der Waals surface area contributed by atoms with Crippen molar-refractivity contribution in [2.75, 3.05) is 0 Å². The zero-order chi connectivity index (χ0) is 18.9. The Bertz CT molecular complexity index is 737. The minimum atomic E-state index is 0.925. The van der Waals surface area contributed by atoms with Gasteiger partial charge in [0.25, 0.3) is 0 Å². The highest BCUT2D eigenvalue weighted by Crippen LogP contribution is 2.34. The van der Waals surface area contributed by atoms with Gasteiger partial charge in [-0.2, -0.15) is 0 Å². The van der Waals surface area contributed by atoms with Gasteiger partial charge < -0.3 is 0 Å². The second kappa shape index (κ2) is 10.7. The van der Waals surface area contributed by atoms with Crippen LogP contribution < -0.4 is 0 Å². The quantitative estimate of drug-likeness (QED) is 0.371. The van der Waals surface area contributed by atoms with Gasteiger partial charge in [0.2, 0.25) is 0 Å². The molecule has 146 valence electrons. The number of fused-ring (bicyclic) bond motifs is 1. The lowest BCUT2D eigenvalue weighted by atomic mass is 9.83. The van der Waals surface area contributed by atoms with Crippen molar-refractivity contribution >= 4 is 16.3 Å². The van der Waals surface area contributed by atoms with Gasteiger partial charge in [-0.1, -0.05) is 95.2 Å². The second-order valence-corrected chi connectivity index (χ2v) is 8.57. The Balaban J connectivity index is 1.61. The molecule has 1 aliphatic rings. The van der Waals surface area contributed by atoms with Gasteiger partial charge in [-0.25, -0.2) is 0 Å². The zero-order valence-corrected chi connectivity index (χ0v) is 17.6. The normalized spacial score (nSPS) is 17.3. The Morgan fingerprint density at radius 3 is 2.37 bits per heavy atom. The molecule has 0 amide bonds. The SMILES string of the molecule is CCCCCCCc1ccc2cc(C3=CCC(CCCC)CC3)ccc2c1. The van der Waals surface area contributed by atoms with Crippen molar-refractivity contribution in [1.82, 2.24) is 0 Å². The van der Waals surface area contributed by atoms with Crippen LogP contribution in [-0.4, -0.2) is 0 Å². The van der Waals surface area contributed by atoms with E-state index in [0.717, 1.165) is 5.92 Å². The summed E-state index contributed by atoms with van der Waals surface area (Å²) in [6, 6.07) is 14.2. The molecule has 3 rings (SSSR count). The molecule has 0 heterocycles. The average molecular weight is 363 g/mol. The average Bonchev–Trinajstić information content (AvgIpc) is 2.72. The van der Waals surface area contributed by atoms with Crippen LogP contribution in [0.2, 0.25) is 0 Å². The summed E-state index contributed by atoms with van der Waals surface area (Å²) in [5.74, 6) is 0.925. The summed E-state index contributed by atoms with van der Waals surface area (Å²) in [6.07, 6.45) is 18.6. The maximum absolute atomic E-state index is 2.52. The van der Waals surface area contributed by atoms with Crippen LogP contribution in [0.15, 0.2) is 42.5 Å². The van der Waals surface area contributed by atoms with Gasteiger partial charge in [-0.3, -0.25) is 0 Å². The van der Waals surface area contributed by atoms with E-state index in [-0.39, 0.29) is 0 Å². The lowest BCUT2D eigenvalue weighted by Gasteiger charge is -2.22. The van der Waals surface area contributed by atoms with Crippen LogP contribution >= 0.6 is 0 Å². The molecular weight excluding hydrogens is 324 g/mol. The smallest absolute Gasteiger partial charge is 0.0178 e. The number of unbranched alkanes of at least 4 members (excludes halogenated alkanes) is 5. The summed E-state index contributed by atoms with van der Waals surface area (Å²) in [5, 5.41) is 2.80. The number of benzene rings is 2. The molecule has 0 fully saturated rings. The molecule has 0 bridgehead atoms. The first-order chi connectivity index (χ1) is 13.3. The van der Waals surface area contributed by atoms with Gasteiger partial charge >= 0.3 is 0 Å². The van der Waals surface area contributed by atoms with Crippen molar-refractivity contribution in [3.8, 4) is 0 Å². The maximum Gasteiger partial charge on any atom is -0.0178 e. The first-order valence-corrected chi connectivity index (χ1v) is 11.5. The predicted molar refractivity (Wildman–Crippen MR) is 121 cm³/mol. The van der Waals surface area contributed by atoms with E-state index < -0.39 is 0 Å². The third-order valence-electron chi connectivity index (χ3n) is 6.33. The molecule has 0 heteroatoms. The fourth-order valence-electron chi connectivity index (χ4n) is 4.49. The monoisotopic (exact) mass is 362 g/mol. The van der Waals surface area contributed by atoms with Crippen LogP contribution in [0.5, 0.6) is 0 Å². The Kier molecular flexibility index (Phi) is 7.99. The fourth-order valence-corrected chi connectivity index (χ4v) is 4.49. The van der Waals surface area contributed by atoms with E-state index in [4.69, 9.17) is 0 Å². The van der Waals surface area contributed by atoms with Crippen molar-refractivity contribution < 1.29 is 0 Å². The second-order valence-electron chi connectivity index (χ2n) is 8.57. The molecule has 2 aromatic carbocycles. The van der Waals surface area contributed by atoms with E-state index in [1.807, 2.05) is 0 Å². The lowest BCUT2D eigenvalue weighted by Crippen LogP contribution is -2.05. The van der Waals surface area contributed by atoms with E-state index in [9.17, 15) is 0 Å². The summed E-state index contributed by atoms with van der Waals surface area (Å²) in [4.78, 5) is 0. The molecule has 2 aromatic rings. The van der Waals surface area contributed by atoms with Crippen molar-refractivity contribution in [3.05, 3.63) is 53.6 Å². The fraction of sp³-hybridized carbons (Fsp3) is 0.556. The van der Waals surface area contributed by atoms with Crippen LogP contribution in [0.25, 0.3) is 16.3 Å². The number of aryl methyl sites for hydroxylation is 1. The minimum Gasteiger partial charge on any atom is -0.0804 e. The van der Waals surface area contributed by atoms with Gasteiger partial charge in [0.05, 0.1) is 0 Å². The molecule has 0 spiro atoms. The third kappa shape index (κ3) is 5.96. The molecular formula is C27H38. The Morgan fingerprint density at radius 1 is 0.815 bits per heavy atom. The van der Waals surface area contributed by atoms with E-state index in [0.29, 0.717) is 0 Å². The summed E-state index contributed by atoms with van der Waals surface area (Å²) in [7, 11) is 0. The summed E-state index contributed by atoms with van der Waals surface area (Å²) in [5.41, 5.74) is 4.52. The van der Waals surface area contributed by atoms with Crippen LogP contribution in [0.1, 0.15) is 95.6 Å². The number of hydrogen-bond donors (Lipinski definition) is 0. The molecule has 0 aliphatic heterocycles. The number of hydrogen-bond acceptors (Lipinski definition) is 0. The van der Waals surface area contributed by atoms with Crippen LogP contribution in [-0.2, 0) is 6.42 Å². The summed E-state index contributed by atoms with van der Waals surface area (Å²) >= 11 is 0. The molecule has 0 saturated carbocycles. The first-order valence-electron chi connectivity index (χ1n) is 11.5. The van der Waals surface area contributed by atoms with Gasteiger partial charge in [0.15, 0.2) is 0 Å². The largest absolute Gasteiger partial charge is 0.0804 e. The van der Waals surface area contributed by atoms with Crippen molar-refractivity contribution in [2.45, 2.75) is 90.9 Å². The molecule has 0 saturated heterocycles. The molecule has 1 atom stereocenters. The van der Waals surface area contributed by atoms with E-state index >= 15 is 0 Å². The molecule has 0 N–H and O–H groups in total. The molecule has 1 aliphatic carbocycles. The topological polar surface area (TPSA) is 0 Å². The predicted octanol–water partition coefficient (Wildman–Crippen LogP) is 8.73. The zero-order valence-electron chi connectivity index (χ0n) is 17.6. The van der Waals surface area contributed by atoms with Crippen LogP contribution in [0.3, 0.4) is 0 Å². The third-order valence-corrected chi connectivity index (χ3v) is 6.33. The highest BCUT2D eigenvalue weighted by molar-refractivity contribution is 5.87. The lowest BCUT2D eigenvalue weighted by molar-refractivity contribution is 0.434. The first kappa shape index (κ1) is 20.2. The van der Waals surface area contributed by atoms with Crippen LogP contribution in [0.4, 0.5) is 0 Å². The summed E-state index contributed by atoms with van der Waals surface area (Å²) in [6.45, 7) is 4.59. The minimum absolute atomic E-state index is 0.925. The van der Waals surface area contributed by atoms with Crippen molar-refractivity contribution in [2.24, 2.45) is 5.92 Å². The number of rotatable bonds is 10. The molecule has 0 nitrogen and oxygen atoms in total. The van der Waals surface area contributed by atoms with Gasteiger partial charge in [0.1, 0.15) is 0 Å². The Hall–Kier alpha value is -1.56. The van der Waals surface area contributed by atoms with Gasteiger partial charge in [0, 0.05) is 0 Å².